The Kier molecular flexibility index (Phi) is 5.12. The first-order valence-electron chi connectivity index (χ1n) is 8.40. The summed E-state index contributed by atoms with van der Waals surface area (Å²) in [5, 5.41) is 2.33. The molecule has 5 nitrogen and oxygen atoms in total. The molecule has 7 heteroatoms. The molecule has 2 aromatic carbocycles. The van der Waals surface area contributed by atoms with E-state index in [-0.39, 0.29) is 6.61 Å². The van der Waals surface area contributed by atoms with Crippen LogP contribution in [0.15, 0.2) is 48.5 Å². The lowest BCUT2D eigenvalue weighted by molar-refractivity contribution is -0.0918. The van der Waals surface area contributed by atoms with Crippen LogP contribution in [-0.2, 0) is 11.3 Å². The van der Waals surface area contributed by atoms with Crippen molar-refractivity contribution in [2.45, 2.75) is 12.8 Å². The zero-order valence-electron chi connectivity index (χ0n) is 14.1. The third kappa shape index (κ3) is 3.56. The molecule has 0 saturated carbocycles. The Morgan fingerprint density at radius 1 is 1.04 bits per heavy atom. The van der Waals surface area contributed by atoms with E-state index in [9.17, 15) is 9.59 Å². The number of imide groups is 1. The number of aryl methyl sites for hydroxylation is 1. The second-order valence-electron chi connectivity index (χ2n) is 6.16. The van der Waals surface area contributed by atoms with Gasteiger partial charge < -0.3 is 0 Å². The van der Waals surface area contributed by atoms with E-state index in [1.807, 2.05) is 24.3 Å². The van der Waals surface area contributed by atoms with Crippen molar-refractivity contribution in [2.75, 3.05) is 6.61 Å². The fraction of sp³-hybridized carbons (Fsp3) is 0.150. The highest BCUT2D eigenvalue weighted by Gasteiger charge is 2.36. The van der Waals surface area contributed by atoms with Crippen LogP contribution in [0.2, 0.25) is 5.15 Å². The molecule has 27 heavy (non-hydrogen) atoms. The average Bonchev–Trinajstić information content (AvgIpc) is 2.90. The van der Waals surface area contributed by atoms with Crippen molar-refractivity contribution in [3.05, 3.63) is 73.9 Å². The molecule has 0 unspecified atom stereocenters. The SMILES string of the molecule is O=C1c2ccccc2C(=O)N1OCCCc1cc2ccc(I)cc2nc1Cl. The van der Waals surface area contributed by atoms with Crippen molar-refractivity contribution in [3.8, 4) is 0 Å². The van der Waals surface area contributed by atoms with Crippen molar-refractivity contribution in [1.29, 1.82) is 0 Å². The highest BCUT2D eigenvalue weighted by atomic mass is 127. The van der Waals surface area contributed by atoms with Crippen LogP contribution in [0.25, 0.3) is 10.9 Å². The van der Waals surface area contributed by atoms with Gasteiger partial charge in [-0.1, -0.05) is 29.8 Å². The molecule has 2 heterocycles. The quantitative estimate of drug-likeness (QED) is 0.225. The molecule has 1 aliphatic rings. The molecule has 0 spiro atoms. The summed E-state index contributed by atoms with van der Waals surface area (Å²) in [5.41, 5.74) is 2.52. The van der Waals surface area contributed by atoms with E-state index >= 15 is 0 Å². The maximum Gasteiger partial charge on any atom is 0.285 e. The zero-order chi connectivity index (χ0) is 19.0. The number of hydrogen-bond acceptors (Lipinski definition) is 4. The molecule has 0 aliphatic carbocycles. The maximum atomic E-state index is 12.2. The van der Waals surface area contributed by atoms with Gasteiger partial charge in [-0.25, -0.2) is 4.98 Å². The third-order valence-electron chi connectivity index (χ3n) is 4.37. The van der Waals surface area contributed by atoms with Gasteiger partial charge in [-0.2, -0.15) is 0 Å². The number of rotatable bonds is 5. The summed E-state index contributed by atoms with van der Waals surface area (Å²) in [6.07, 6.45) is 1.24. The normalized spacial score (nSPS) is 13.5. The number of carbonyl (C=O) groups is 2. The van der Waals surface area contributed by atoms with Crippen molar-refractivity contribution < 1.29 is 14.4 Å². The van der Waals surface area contributed by atoms with E-state index in [1.165, 1.54) is 0 Å². The van der Waals surface area contributed by atoms with E-state index < -0.39 is 11.8 Å². The molecular formula is C20H14ClIN2O3. The number of carbonyl (C=O) groups excluding carboxylic acids is 2. The molecule has 136 valence electrons. The topological polar surface area (TPSA) is 59.5 Å². The summed E-state index contributed by atoms with van der Waals surface area (Å²) >= 11 is 8.53. The zero-order valence-corrected chi connectivity index (χ0v) is 17.0. The number of hydroxylamine groups is 2. The average molecular weight is 493 g/mol. The Morgan fingerprint density at radius 2 is 1.74 bits per heavy atom. The number of aromatic nitrogens is 1. The highest BCUT2D eigenvalue weighted by Crippen LogP contribution is 2.25. The minimum atomic E-state index is -0.421. The molecule has 1 aliphatic heterocycles. The van der Waals surface area contributed by atoms with Crippen LogP contribution in [0.1, 0.15) is 32.7 Å². The van der Waals surface area contributed by atoms with Gasteiger partial charge in [0.15, 0.2) is 0 Å². The summed E-state index contributed by atoms with van der Waals surface area (Å²) in [6, 6.07) is 14.7. The first kappa shape index (κ1) is 18.3. The van der Waals surface area contributed by atoms with E-state index in [2.05, 4.69) is 27.6 Å². The number of amides is 2. The summed E-state index contributed by atoms with van der Waals surface area (Å²) in [6.45, 7) is 0.229. The lowest BCUT2D eigenvalue weighted by Gasteiger charge is -2.13. The molecular weight excluding hydrogens is 479 g/mol. The molecule has 0 bridgehead atoms. The van der Waals surface area contributed by atoms with Gasteiger partial charge in [0.25, 0.3) is 11.8 Å². The summed E-state index contributed by atoms with van der Waals surface area (Å²) < 4.78 is 1.10. The van der Waals surface area contributed by atoms with Crippen molar-refractivity contribution in [2.24, 2.45) is 0 Å². The van der Waals surface area contributed by atoms with Gasteiger partial charge in [-0.3, -0.25) is 14.4 Å². The van der Waals surface area contributed by atoms with Crippen LogP contribution in [0.5, 0.6) is 0 Å². The molecule has 4 rings (SSSR count). The molecule has 0 atom stereocenters. The van der Waals surface area contributed by atoms with E-state index in [0.29, 0.717) is 29.1 Å². The largest absolute Gasteiger partial charge is 0.285 e. The number of fused-ring (bicyclic) bond motifs is 2. The van der Waals surface area contributed by atoms with Crippen LogP contribution in [0, 0.1) is 3.57 Å². The number of benzene rings is 2. The highest BCUT2D eigenvalue weighted by molar-refractivity contribution is 14.1. The van der Waals surface area contributed by atoms with Crippen LogP contribution in [0.3, 0.4) is 0 Å². The smallest absolute Gasteiger partial charge is 0.266 e. The summed E-state index contributed by atoms with van der Waals surface area (Å²) in [4.78, 5) is 34.4. The van der Waals surface area contributed by atoms with Crippen LogP contribution < -0.4 is 0 Å². The maximum absolute atomic E-state index is 12.2. The third-order valence-corrected chi connectivity index (χ3v) is 5.37. The lowest BCUT2D eigenvalue weighted by Crippen LogP contribution is -2.30. The second-order valence-corrected chi connectivity index (χ2v) is 7.77. The molecule has 0 N–H and O–H groups in total. The van der Waals surface area contributed by atoms with Crippen molar-refractivity contribution >= 4 is 56.9 Å². The number of nitrogens with zero attached hydrogens (tertiary/aromatic N) is 2. The van der Waals surface area contributed by atoms with Crippen LogP contribution in [-0.4, -0.2) is 28.5 Å². The lowest BCUT2D eigenvalue weighted by atomic mass is 10.1. The molecule has 0 fully saturated rings. The molecule has 0 saturated heterocycles. The number of halogens is 2. The second kappa shape index (κ2) is 7.53. The molecule has 1 aromatic heterocycles. The van der Waals surface area contributed by atoms with Gasteiger partial charge in [-0.05, 0) is 71.3 Å². The number of hydrogen-bond donors (Lipinski definition) is 0. The molecule has 0 radical (unpaired) electrons. The van der Waals surface area contributed by atoms with E-state index in [1.54, 1.807) is 24.3 Å². The minimum Gasteiger partial charge on any atom is -0.266 e. The first-order valence-corrected chi connectivity index (χ1v) is 9.85. The van der Waals surface area contributed by atoms with Gasteiger partial charge in [0, 0.05) is 8.96 Å². The van der Waals surface area contributed by atoms with Crippen LogP contribution >= 0.6 is 34.2 Å². The summed E-state index contributed by atoms with van der Waals surface area (Å²) in [5.74, 6) is -0.841. The van der Waals surface area contributed by atoms with Gasteiger partial charge in [0.1, 0.15) is 5.15 Å². The van der Waals surface area contributed by atoms with Crippen molar-refractivity contribution in [3.63, 3.8) is 0 Å². The molecule has 3 aromatic rings. The van der Waals surface area contributed by atoms with E-state index in [4.69, 9.17) is 16.4 Å². The Morgan fingerprint density at radius 3 is 2.44 bits per heavy atom. The Labute approximate surface area is 174 Å². The van der Waals surface area contributed by atoms with Gasteiger partial charge in [0.2, 0.25) is 0 Å². The molecule has 2 amide bonds. The predicted octanol–water partition coefficient (Wildman–Crippen LogP) is 4.65. The first-order chi connectivity index (χ1) is 13.0. The Balaban J connectivity index is 1.39. The standard InChI is InChI=1S/C20H14ClIN2O3/c21-18-13(10-12-7-8-14(22)11-17(12)23-18)4-3-9-27-24-19(25)15-5-1-2-6-16(15)20(24)26/h1-2,5-8,10-11H,3-4,9H2. The Bertz CT molecular complexity index is 1040. The van der Waals surface area contributed by atoms with Gasteiger partial charge in [-0.15, -0.1) is 5.06 Å². The van der Waals surface area contributed by atoms with Crippen LogP contribution in [0.4, 0.5) is 0 Å². The monoisotopic (exact) mass is 492 g/mol. The Hall–Kier alpha value is -2.03. The number of pyridine rings is 1. The van der Waals surface area contributed by atoms with E-state index in [0.717, 1.165) is 25.1 Å². The van der Waals surface area contributed by atoms with Gasteiger partial charge >= 0.3 is 0 Å². The summed E-state index contributed by atoms with van der Waals surface area (Å²) in [7, 11) is 0. The minimum absolute atomic E-state index is 0.229. The van der Waals surface area contributed by atoms with Crippen molar-refractivity contribution in [1.82, 2.24) is 10.0 Å². The van der Waals surface area contributed by atoms with Gasteiger partial charge in [0.05, 0.1) is 23.3 Å². The fourth-order valence-corrected chi connectivity index (χ4v) is 3.75. The fourth-order valence-electron chi connectivity index (χ4n) is 3.04. The predicted molar refractivity (Wildman–Crippen MR) is 111 cm³/mol.